The van der Waals surface area contributed by atoms with Crippen LogP contribution in [0.5, 0.6) is 0 Å². The lowest BCUT2D eigenvalue weighted by atomic mass is 9.91. The van der Waals surface area contributed by atoms with Crippen LogP contribution >= 0.6 is 0 Å². The summed E-state index contributed by atoms with van der Waals surface area (Å²) in [5.74, 6) is 0. The Bertz CT molecular complexity index is 1360. The van der Waals surface area contributed by atoms with Gasteiger partial charge in [-0.2, -0.15) is 0 Å². The average molecular weight is 1050 g/mol. The van der Waals surface area contributed by atoms with Crippen molar-refractivity contribution >= 4 is 0 Å². The van der Waals surface area contributed by atoms with Gasteiger partial charge in [0.15, 0.2) is 25.2 Å². The summed E-state index contributed by atoms with van der Waals surface area (Å²) in [6.45, 7) is 1.28. The van der Waals surface area contributed by atoms with Gasteiger partial charge in [-0.05, 0) is 12.8 Å². The third-order valence-corrected chi connectivity index (χ3v) is 14.0. The summed E-state index contributed by atoms with van der Waals surface area (Å²) in [5.41, 5.74) is -1.28. The minimum absolute atomic E-state index is 0.0711. The first-order chi connectivity index (χ1) is 34.7. The van der Waals surface area contributed by atoms with Crippen LogP contribution in [-0.2, 0) is 47.4 Å². The summed E-state index contributed by atoms with van der Waals surface area (Å²) in [6, 6.07) is 0. The number of ether oxygens (including phenoxy) is 10. The highest BCUT2D eigenvalue weighted by Gasteiger charge is 2.53. The van der Waals surface area contributed by atoms with Crippen LogP contribution in [0.2, 0.25) is 0 Å². The Kier molecular flexibility index (Phi) is 30.1. The number of rotatable bonds is 36. The van der Waals surface area contributed by atoms with E-state index in [-0.39, 0.29) is 32.8 Å². The van der Waals surface area contributed by atoms with Crippen molar-refractivity contribution in [2.45, 2.75) is 240 Å². The highest BCUT2D eigenvalue weighted by Crippen LogP contribution is 2.34. The topological polar surface area (TPSA) is 355 Å². The third-order valence-electron chi connectivity index (χ3n) is 14.0. The first-order valence-corrected chi connectivity index (χ1v) is 26.6. The maximum Gasteiger partial charge on any atom is 0.187 e. The molecule has 0 aromatic heterocycles. The first-order valence-electron chi connectivity index (χ1n) is 26.6. The van der Waals surface area contributed by atoms with Crippen LogP contribution in [0.25, 0.3) is 0 Å². The van der Waals surface area contributed by atoms with Crippen molar-refractivity contribution in [1.29, 1.82) is 0 Å². The highest BCUT2D eigenvalue weighted by molar-refractivity contribution is 4.96. The molecule has 0 aliphatic carbocycles. The molecule has 0 saturated carbocycles. The number of unbranched alkanes of at least 4 members (excludes halogenated alkanes) is 14. The smallest absolute Gasteiger partial charge is 0.187 e. The molecule has 4 saturated heterocycles. The highest BCUT2D eigenvalue weighted by atomic mass is 16.8. The zero-order valence-electron chi connectivity index (χ0n) is 42.5. The van der Waals surface area contributed by atoms with Gasteiger partial charge in [-0.3, -0.25) is 0 Å². The van der Waals surface area contributed by atoms with E-state index >= 15 is 0 Å². The van der Waals surface area contributed by atoms with Gasteiger partial charge in [0.2, 0.25) is 0 Å². The second-order valence-corrected chi connectivity index (χ2v) is 20.1. The van der Waals surface area contributed by atoms with Crippen molar-refractivity contribution in [3.05, 3.63) is 0 Å². The fourth-order valence-corrected chi connectivity index (χ4v) is 9.40. The fraction of sp³-hybridized carbons (Fsp3) is 1.00. The van der Waals surface area contributed by atoms with E-state index in [4.69, 9.17) is 47.4 Å². The maximum atomic E-state index is 11.4. The molecule has 23 heteroatoms. The molecular weight excluding hydrogens is 957 g/mol. The lowest BCUT2D eigenvalue weighted by Crippen LogP contribution is -2.65. The van der Waals surface area contributed by atoms with Gasteiger partial charge in [-0.25, -0.2) is 0 Å². The van der Waals surface area contributed by atoms with Gasteiger partial charge >= 0.3 is 0 Å². The summed E-state index contributed by atoms with van der Waals surface area (Å²) in [7, 11) is 0. The van der Waals surface area contributed by atoms with Crippen molar-refractivity contribution < 1.29 is 114 Å². The van der Waals surface area contributed by atoms with E-state index in [1.807, 2.05) is 0 Å². The largest absolute Gasteiger partial charge is 0.394 e. The molecule has 0 spiro atoms. The molecule has 4 rings (SSSR count). The molecule has 13 N–H and O–H groups in total. The van der Waals surface area contributed by atoms with E-state index in [0.717, 1.165) is 77.0 Å². The molecule has 426 valence electrons. The van der Waals surface area contributed by atoms with Crippen LogP contribution in [0.4, 0.5) is 0 Å². The van der Waals surface area contributed by atoms with E-state index in [0.29, 0.717) is 13.2 Å². The van der Waals surface area contributed by atoms with Gasteiger partial charge in [0.05, 0.1) is 64.4 Å². The summed E-state index contributed by atoms with van der Waals surface area (Å²) < 4.78 is 59.6. The minimum atomic E-state index is -1.86. The molecule has 4 fully saturated rings. The van der Waals surface area contributed by atoms with Crippen LogP contribution in [0.15, 0.2) is 0 Å². The van der Waals surface area contributed by atoms with Crippen LogP contribution in [0.3, 0.4) is 0 Å². The van der Waals surface area contributed by atoms with E-state index in [2.05, 4.69) is 13.8 Å². The Morgan fingerprint density at radius 1 is 0.389 bits per heavy atom. The Hall–Kier alpha value is -0.920. The molecule has 7 unspecified atom stereocenters. The molecule has 4 heterocycles. The van der Waals surface area contributed by atoms with E-state index in [9.17, 15) is 66.4 Å². The molecule has 19 atom stereocenters. The lowest BCUT2D eigenvalue weighted by molar-refractivity contribution is -0.363. The normalized spacial score (nSPS) is 36.8. The standard InChI is InChI=1S/C49H92O23/c1-3-5-7-9-11-13-15-17-19-63-26-49(27-64-20-18-16-14-12-10-8-6-4-2,28-65-46-42(61)39(58)44(33(24-52)69-46)71-35-21-30(54)36(55)31(22-50)67-35)29-66-47-43(62)40(59)45(34(25-53)70-47)72-48-41(60)38(57)37(56)32(23-51)68-48/h30-48,50-62H,3-29H2,1-2H3/t30-,31?,32?,33?,34?,35-,36+,37-,38+,39-,40-,41+,42?,43+,44-,45-,46-,47?,48?/m0/s1. The number of hydrogen-bond acceptors (Lipinski definition) is 23. The average Bonchev–Trinajstić information content (AvgIpc) is 3.38. The Morgan fingerprint density at radius 2 is 0.778 bits per heavy atom. The van der Waals surface area contributed by atoms with E-state index in [1.54, 1.807) is 0 Å². The van der Waals surface area contributed by atoms with Crippen molar-refractivity contribution in [1.82, 2.24) is 0 Å². The molecule has 0 aromatic carbocycles. The quantitative estimate of drug-likeness (QED) is 0.0321. The minimum Gasteiger partial charge on any atom is -0.394 e. The maximum absolute atomic E-state index is 11.4. The first kappa shape index (κ1) is 63.6. The SMILES string of the molecule is CCCCCCCCCCOCC(COCCCCCCCCCC)(COC1OC(CO)[C@H](OC2OC(CO)[C@H](O)[C@@H](O)[C@H]2O)[C@@H](O)[C@H]1O)CO[C@H]1OC(CO)[C@H](O[C@H]2C[C@H](O)[C@@H](O)C(CO)O2)[C@@H](O)C1O. The van der Waals surface area contributed by atoms with Crippen molar-refractivity contribution in [2.24, 2.45) is 5.41 Å². The van der Waals surface area contributed by atoms with Crippen LogP contribution in [0, 0.1) is 5.41 Å². The van der Waals surface area contributed by atoms with Gasteiger partial charge < -0.3 is 114 Å². The molecule has 0 radical (unpaired) electrons. The van der Waals surface area contributed by atoms with Gasteiger partial charge in [-0.1, -0.05) is 104 Å². The third kappa shape index (κ3) is 19.2. The second-order valence-electron chi connectivity index (χ2n) is 20.1. The Morgan fingerprint density at radius 3 is 1.22 bits per heavy atom. The molecule has 72 heavy (non-hydrogen) atoms. The monoisotopic (exact) mass is 1050 g/mol. The van der Waals surface area contributed by atoms with E-state index in [1.165, 1.54) is 25.7 Å². The number of aliphatic hydroxyl groups is 13. The predicted octanol–water partition coefficient (Wildman–Crippen LogP) is -1.40. The summed E-state index contributed by atoms with van der Waals surface area (Å²) >= 11 is 0. The number of hydrogen-bond donors (Lipinski definition) is 13. The van der Waals surface area contributed by atoms with E-state index < -0.39 is 149 Å². The Balaban J connectivity index is 1.52. The molecule has 0 bridgehead atoms. The molecule has 23 nitrogen and oxygen atoms in total. The number of aliphatic hydroxyl groups excluding tert-OH is 13. The van der Waals surface area contributed by atoms with Crippen molar-refractivity contribution in [2.75, 3.05) is 66.1 Å². The van der Waals surface area contributed by atoms with Crippen LogP contribution < -0.4 is 0 Å². The van der Waals surface area contributed by atoms with Crippen molar-refractivity contribution in [3.8, 4) is 0 Å². The summed E-state index contributed by atoms with van der Waals surface area (Å²) in [4.78, 5) is 0. The van der Waals surface area contributed by atoms with Gasteiger partial charge in [0.25, 0.3) is 0 Å². The molecule has 0 amide bonds. The zero-order chi connectivity index (χ0) is 52.6. The van der Waals surface area contributed by atoms with Gasteiger partial charge in [0.1, 0.15) is 85.5 Å². The van der Waals surface area contributed by atoms with Gasteiger partial charge in [-0.15, -0.1) is 0 Å². The van der Waals surface area contributed by atoms with Crippen molar-refractivity contribution in [3.63, 3.8) is 0 Å². The van der Waals surface area contributed by atoms with Gasteiger partial charge in [0, 0.05) is 19.6 Å². The fourth-order valence-electron chi connectivity index (χ4n) is 9.40. The summed E-state index contributed by atoms with van der Waals surface area (Å²) in [5, 5.41) is 138. The molecular formula is C49H92O23. The Labute approximate surface area is 424 Å². The summed E-state index contributed by atoms with van der Waals surface area (Å²) in [6.07, 6.45) is -13.1. The second kappa shape index (κ2) is 34.1. The molecule has 0 aromatic rings. The van der Waals surface area contributed by atoms with Crippen LogP contribution in [0.1, 0.15) is 123 Å². The molecule has 4 aliphatic rings. The molecule has 4 aliphatic heterocycles. The van der Waals surface area contributed by atoms with Crippen LogP contribution in [-0.4, -0.2) is 249 Å². The zero-order valence-corrected chi connectivity index (χ0v) is 42.5. The predicted molar refractivity (Wildman–Crippen MR) is 253 cm³/mol. The lowest BCUT2D eigenvalue weighted by Gasteiger charge is -2.46.